The molecule has 0 aromatic carbocycles. The molecule has 1 fully saturated rings. The second-order valence-corrected chi connectivity index (χ2v) is 4.54. The summed E-state index contributed by atoms with van der Waals surface area (Å²) in [5.74, 6) is 0. The third kappa shape index (κ3) is 4.96. The van der Waals surface area contributed by atoms with Crippen LogP contribution in [0.3, 0.4) is 0 Å². The molecule has 0 amide bonds. The van der Waals surface area contributed by atoms with Crippen molar-refractivity contribution in [2.45, 2.75) is 64.1 Å². The van der Waals surface area contributed by atoms with E-state index >= 15 is 0 Å². The van der Waals surface area contributed by atoms with Crippen LogP contribution in [0.15, 0.2) is 0 Å². The summed E-state index contributed by atoms with van der Waals surface area (Å²) in [5, 5.41) is 3.54. The first-order chi connectivity index (χ1) is 7.26. The molecule has 0 radical (unpaired) electrons. The molecule has 0 aliphatic heterocycles. The van der Waals surface area contributed by atoms with Crippen molar-refractivity contribution in [2.75, 3.05) is 13.2 Å². The van der Waals surface area contributed by atoms with Gasteiger partial charge in [0.1, 0.15) is 0 Å². The van der Waals surface area contributed by atoms with Gasteiger partial charge in [-0.15, -0.1) is 0 Å². The topological polar surface area (TPSA) is 47.3 Å². The van der Waals surface area contributed by atoms with Gasteiger partial charge in [-0.25, -0.2) is 0 Å². The molecular weight excluding hydrogens is 188 g/mol. The smallest absolute Gasteiger partial charge is 0.0604 e. The Hall–Kier alpha value is -0.120. The van der Waals surface area contributed by atoms with Gasteiger partial charge in [-0.05, 0) is 39.2 Å². The fourth-order valence-corrected chi connectivity index (χ4v) is 2.09. The number of hydrogen-bond donors (Lipinski definition) is 2. The van der Waals surface area contributed by atoms with Gasteiger partial charge >= 0.3 is 0 Å². The van der Waals surface area contributed by atoms with Crippen LogP contribution in [-0.4, -0.2) is 31.3 Å². The largest absolute Gasteiger partial charge is 0.378 e. The normalized spacial score (nSPS) is 27.4. The molecule has 0 saturated heterocycles. The maximum absolute atomic E-state index is 5.94. The van der Waals surface area contributed by atoms with Gasteiger partial charge in [-0.1, -0.05) is 13.3 Å². The number of hydrogen-bond acceptors (Lipinski definition) is 3. The zero-order chi connectivity index (χ0) is 11.1. The Kier molecular flexibility index (Phi) is 6.22. The van der Waals surface area contributed by atoms with Crippen LogP contribution in [0.2, 0.25) is 0 Å². The standard InChI is InChI=1S/C12H26N2O/c1-3-5-10(13)6-7-14-11-8-12(9-11)15-4-2/h10-12,14H,3-9,13H2,1-2H3. The molecular formula is C12H26N2O. The molecule has 1 aliphatic carbocycles. The minimum Gasteiger partial charge on any atom is -0.378 e. The Morgan fingerprint density at radius 3 is 2.67 bits per heavy atom. The summed E-state index contributed by atoms with van der Waals surface area (Å²) in [6.45, 7) is 6.15. The van der Waals surface area contributed by atoms with E-state index in [-0.39, 0.29) is 0 Å². The fourth-order valence-electron chi connectivity index (χ4n) is 2.09. The van der Waals surface area contributed by atoms with Gasteiger partial charge in [0.25, 0.3) is 0 Å². The van der Waals surface area contributed by atoms with E-state index < -0.39 is 0 Å². The summed E-state index contributed by atoms with van der Waals surface area (Å²) in [7, 11) is 0. The number of nitrogens with two attached hydrogens (primary N) is 1. The fraction of sp³-hybridized carbons (Fsp3) is 1.00. The summed E-state index contributed by atoms with van der Waals surface area (Å²) >= 11 is 0. The molecule has 1 unspecified atom stereocenters. The zero-order valence-electron chi connectivity index (χ0n) is 10.2. The number of nitrogens with one attached hydrogen (secondary N) is 1. The highest BCUT2D eigenvalue weighted by atomic mass is 16.5. The van der Waals surface area contributed by atoms with Crippen molar-refractivity contribution < 1.29 is 4.74 Å². The molecule has 1 saturated carbocycles. The van der Waals surface area contributed by atoms with E-state index in [4.69, 9.17) is 10.5 Å². The quantitative estimate of drug-likeness (QED) is 0.646. The Morgan fingerprint density at radius 2 is 2.07 bits per heavy atom. The van der Waals surface area contributed by atoms with Crippen molar-refractivity contribution in [2.24, 2.45) is 5.73 Å². The van der Waals surface area contributed by atoms with Crippen LogP contribution in [-0.2, 0) is 4.74 Å². The summed E-state index contributed by atoms with van der Waals surface area (Å²) < 4.78 is 5.51. The van der Waals surface area contributed by atoms with Gasteiger partial charge in [-0.2, -0.15) is 0 Å². The lowest BCUT2D eigenvalue weighted by molar-refractivity contribution is -0.00981. The average molecular weight is 214 g/mol. The molecule has 0 bridgehead atoms. The molecule has 1 aliphatic rings. The summed E-state index contributed by atoms with van der Waals surface area (Å²) in [6, 6.07) is 1.06. The van der Waals surface area contributed by atoms with E-state index in [1.54, 1.807) is 0 Å². The van der Waals surface area contributed by atoms with E-state index in [9.17, 15) is 0 Å². The molecule has 90 valence electrons. The highest BCUT2D eigenvalue weighted by molar-refractivity contribution is 4.86. The van der Waals surface area contributed by atoms with Crippen LogP contribution in [0, 0.1) is 0 Å². The summed E-state index contributed by atoms with van der Waals surface area (Å²) in [6.07, 6.45) is 6.30. The van der Waals surface area contributed by atoms with Gasteiger partial charge in [0, 0.05) is 18.7 Å². The Balaban J connectivity index is 1.90. The van der Waals surface area contributed by atoms with Gasteiger partial charge in [-0.3, -0.25) is 0 Å². The predicted molar refractivity (Wildman–Crippen MR) is 63.9 cm³/mol. The molecule has 0 aromatic heterocycles. The van der Waals surface area contributed by atoms with Crippen molar-refractivity contribution >= 4 is 0 Å². The third-order valence-electron chi connectivity index (χ3n) is 3.10. The zero-order valence-corrected chi connectivity index (χ0v) is 10.2. The van der Waals surface area contributed by atoms with E-state index in [0.717, 1.165) is 26.0 Å². The number of ether oxygens (including phenoxy) is 1. The minimum absolute atomic E-state index is 0.380. The first-order valence-corrected chi connectivity index (χ1v) is 6.36. The Labute approximate surface area is 93.8 Å². The lowest BCUT2D eigenvalue weighted by atomic mass is 9.89. The van der Waals surface area contributed by atoms with Crippen LogP contribution < -0.4 is 11.1 Å². The Morgan fingerprint density at radius 1 is 1.33 bits per heavy atom. The summed E-state index contributed by atoms with van der Waals surface area (Å²) in [5.41, 5.74) is 5.94. The van der Waals surface area contributed by atoms with E-state index in [1.807, 2.05) is 0 Å². The molecule has 3 heteroatoms. The molecule has 1 atom stereocenters. The molecule has 3 nitrogen and oxygen atoms in total. The van der Waals surface area contributed by atoms with Crippen molar-refractivity contribution in [3.63, 3.8) is 0 Å². The van der Waals surface area contributed by atoms with Crippen LogP contribution in [0.5, 0.6) is 0 Å². The average Bonchev–Trinajstić information content (AvgIpc) is 2.14. The van der Waals surface area contributed by atoms with Crippen molar-refractivity contribution in [1.29, 1.82) is 0 Å². The molecule has 1 rings (SSSR count). The third-order valence-corrected chi connectivity index (χ3v) is 3.10. The first-order valence-electron chi connectivity index (χ1n) is 6.36. The van der Waals surface area contributed by atoms with Crippen LogP contribution in [0.1, 0.15) is 46.0 Å². The minimum atomic E-state index is 0.380. The highest BCUT2D eigenvalue weighted by Crippen LogP contribution is 2.22. The van der Waals surface area contributed by atoms with Crippen LogP contribution >= 0.6 is 0 Å². The van der Waals surface area contributed by atoms with Crippen LogP contribution in [0.25, 0.3) is 0 Å². The van der Waals surface area contributed by atoms with Gasteiger partial charge in [0.2, 0.25) is 0 Å². The van der Waals surface area contributed by atoms with Crippen molar-refractivity contribution in [3.8, 4) is 0 Å². The monoisotopic (exact) mass is 214 g/mol. The predicted octanol–water partition coefficient (Wildman–Crippen LogP) is 1.66. The highest BCUT2D eigenvalue weighted by Gasteiger charge is 2.28. The number of rotatable bonds is 8. The molecule has 0 heterocycles. The van der Waals surface area contributed by atoms with Gasteiger partial charge in [0.15, 0.2) is 0 Å². The van der Waals surface area contributed by atoms with Gasteiger partial charge in [0.05, 0.1) is 6.10 Å². The lowest BCUT2D eigenvalue weighted by Gasteiger charge is -2.35. The SMILES string of the molecule is CCCC(N)CCNC1CC(OCC)C1. The lowest BCUT2D eigenvalue weighted by Crippen LogP contribution is -2.46. The first kappa shape index (κ1) is 12.9. The summed E-state index contributed by atoms with van der Waals surface area (Å²) in [4.78, 5) is 0. The van der Waals surface area contributed by atoms with E-state index in [1.165, 1.54) is 19.3 Å². The van der Waals surface area contributed by atoms with Crippen LogP contribution in [0.4, 0.5) is 0 Å². The van der Waals surface area contributed by atoms with Crippen molar-refractivity contribution in [3.05, 3.63) is 0 Å². The maximum atomic E-state index is 5.94. The molecule has 15 heavy (non-hydrogen) atoms. The molecule has 0 spiro atoms. The van der Waals surface area contributed by atoms with Crippen molar-refractivity contribution in [1.82, 2.24) is 5.32 Å². The molecule has 3 N–H and O–H groups in total. The Bertz CT molecular complexity index is 158. The molecule has 0 aromatic rings. The van der Waals surface area contributed by atoms with E-state index in [2.05, 4.69) is 19.2 Å². The second kappa shape index (κ2) is 7.20. The van der Waals surface area contributed by atoms with E-state index in [0.29, 0.717) is 18.2 Å². The maximum Gasteiger partial charge on any atom is 0.0604 e. The second-order valence-electron chi connectivity index (χ2n) is 4.54. The van der Waals surface area contributed by atoms with Gasteiger partial charge < -0.3 is 15.8 Å².